The van der Waals surface area contributed by atoms with Crippen molar-refractivity contribution in [3.05, 3.63) is 30.1 Å². The highest BCUT2D eigenvalue weighted by Gasteiger charge is 2.46. The Bertz CT molecular complexity index is 450. The van der Waals surface area contributed by atoms with Gasteiger partial charge in [0.2, 0.25) is 0 Å². The second-order valence-corrected chi connectivity index (χ2v) is 6.00. The van der Waals surface area contributed by atoms with Crippen molar-refractivity contribution < 1.29 is 14.2 Å². The van der Waals surface area contributed by atoms with Crippen LogP contribution in [-0.2, 0) is 4.74 Å². The van der Waals surface area contributed by atoms with Gasteiger partial charge in [-0.3, -0.25) is 0 Å². The van der Waals surface area contributed by atoms with Gasteiger partial charge in [0, 0.05) is 24.6 Å². The first-order valence-corrected chi connectivity index (χ1v) is 7.51. The fourth-order valence-electron chi connectivity index (χ4n) is 3.54. The zero-order valence-electron chi connectivity index (χ0n) is 11.6. The van der Waals surface area contributed by atoms with Crippen molar-refractivity contribution in [1.82, 2.24) is 0 Å². The Balaban J connectivity index is 1.80. The fourth-order valence-corrected chi connectivity index (χ4v) is 3.54. The summed E-state index contributed by atoms with van der Waals surface area (Å²) in [6.07, 6.45) is 4.90. The van der Waals surface area contributed by atoms with E-state index in [1.54, 1.807) is 12.1 Å². The van der Waals surface area contributed by atoms with Crippen molar-refractivity contribution in [2.45, 2.75) is 43.7 Å². The molecule has 3 rings (SSSR count). The highest BCUT2D eigenvalue weighted by Crippen LogP contribution is 2.39. The zero-order valence-corrected chi connectivity index (χ0v) is 11.6. The summed E-state index contributed by atoms with van der Waals surface area (Å²) in [5.74, 6) is -0.0317. The molecule has 2 aliphatic rings. The Labute approximate surface area is 119 Å². The molecule has 1 saturated carbocycles. The van der Waals surface area contributed by atoms with Crippen LogP contribution in [0.3, 0.4) is 0 Å². The molecule has 3 atom stereocenters. The first-order valence-electron chi connectivity index (χ1n) is 7.51. The van der Waals surface area contributed by atoms with Gasteiger partial charge in [0.05, 0.1) is 18.2 Å². The van der Waals surface area contributed by atoms with E-state index in [1.165, 1.54) is 12.1 Å². The Hall–Kier alpha value is -1.13. The molecule has 2 N–H and O–H groups in total. The van der Waals surface area contributed by atoms with E-state index in [9.17, 15) is 9.50 Å². The lowest BCUT2D eigenvalue weighted by Gasteiger charge is -2.44. The van der Waals surface area contributed by atoms with E-state index >= 15 is 0 Å². The summed E-state index contributed by atoms with van der Waals surface area (Å²) >= 11 is 0. The van der Waals surface area contributed by atoms with Gasteiger partial charge in [0.15, 0.2) is 0 Å². The van der Waals surface area contributed by atoms with Gasteiger partial charge in [0.1, 0.15) is 5.82 Å². The van der Waals surface area contributed by atoms with Gasteiger partial charge in [-0.2, -0.15) is 0 Å². The standard InChI is InChI=1S/C16H22FNO2/c17-13-5-7-14(8-6-13)18-15-4-2-1-3-12-11-20-10-9-16(12,15)19/h5-8,12,15,18-19H,1-4,9-11H2. The number of benzene rings is 1. The van der Waals surface area contributed by atoms with Crippen LogP contribution in [0.15, 0.2) is 24.3 Å². The predicted octanol–water partition coefficient (Wildman–Crippen LogP) is 2.95. The molecule has 0 radical (unpaired) electrons. The molecule has 1 heterocycles. The molecule has 1 aliphatic heterocycles. The summed E-state index contributed by atoms with van der Waals surface area (Å²) in [5, 5.41) is 14.5. The van der Waals surface area contributed by atoms with E-state index in [0.717, 1.165) is 31.4 Å². The third-order valence-electron chi connectivity index (χ3n) is 4.76. The van der Waals surface area contributed by atoms with Crippen molar-refractivity contribution in [3.63, 3.8) is 0 Å². The first kappa shape index (κ1) is 13.8. The number of anilines is 1. The number of rotatable bonds is 2. The molecule has 0 aromatic heterocycles. The van der Waals surface area contributed by atoms with E-state index < -0.39 is 5.60 Å². The summed E-state index contributed by atoms with van der Waals surface area (Å²) in [7, 11) is 0. The normalized spacial score (nSPS) is 34.1. The molecule has 1 aromatic rings. The Morgan fingerprint density at radius 3 is 2.75 bits per heavy atom. The number of hydrogen-bond acceptors (Lipinski definition) is 3. The molecule has 110 valence electrons. The fraction of sp³-hybridized carbons (Fsp3) is 0.625. The van der Waals surface area contributed by atoms with Crippen LogP contribution in [0.2, 0.25) is 0 Å². The molecular weight excluding hydrogens is 257 g/mol. The average Bonchev–Trinajstić information content (AvgIpc) is 2.61. The maximum Gasteiger partial charge on any atom is 0.123 e. The largest absolute Gasteiger partial charge is 0.387 e. The lowest BCUT2D eigenvalue weighted by Crippen LogP contribution is -2.55. The lowest BCUT2D eigenvalue weighted by atomic mass is 9.76. The summed E-state index contributed by atoms with van der Waals surface area (Å²) < 4.78 is 18.5. The molecule has 20 heavy (non-hydrogen) atoms. The van der Waals surface area contributed by atoms with Crippen molar-refractivity contribution in [2.75, 3.05) is 18.5 Å². The number of aliphatic hydroxyl groups is 1. The quantitative estimate of drug-likeness (QED) is 0.874. The highest BCUT2D eigenvalue weighted by molar-refractivity contribution is 5.44. The molecular formula is C16H22FNO2. The molecule has 3 unspecified atom stereocenters. The molecule has 1 aromatic carbocycles. The van der Waals surface area contributed by atoms with Gasteiger partial charge < -0.3 is 15.2 Å². The Morgan fingerprint density at radius 1 is 1.20 bits per heavy atom. The van der Waals surface area contributed by atoms with Crippen LogP contribution in [0.1, 0.15) is 32.1 Å². The number of fused-ring (bicyclic) bond motifs is 1. The second-order valence-electron chi connectivity index (χ2n) is 6.00. The van der Waals surface area contributed by atoms with Crippen molar-refractivity contribution >= 4 is 5.69 Å². The van der Waals surface area contributed by atoms with Gasteiger partial charge in [-0.25, -0.2) is 4.39 Å². The summed E-state index contributed by atoms with van der Waals surface area (Å²) in [6, 6.07) is 6.38. The lowest BCUT2D eigenvalue weighted by molar-refractivity contribution is -0.120. The van der Waals surface area contributed by atoms with Crippen LogP contribution in [0.25, 0.3) is 0 Å². The predicted molar refractivity (Wildman–Crippen MR) is 76.2 cm³/mol. The van der Waals surface area contributed by atoms with Gasteiger partial charge in [-0.15, -0.1) is 0 Å². The molecule has 1 aliphatic carbocycles. The minimum absolute atomic E-state index is 0.0179. The first-order chi connectivity index (χ1) is 9.68. The zero-order chi connectivity index (χ0) is 14.0. The average molecular weight is 279 g/mol. The Kier molecular flexibility index (Phi) is 3.94. The van der Waals surface area contributed by atoms with Crippen LogP contribution in [0.4, 0.5) is 10.1 Å². The van der Waals surface area contributed by atoms with Crippen LogP contribution in [-0.4, -0.2) is 30.0 Å². The number of halogens is 1. The smallest absolute Gasteiger partial charge is 0.123 e. The molecule has 1 saturated heterocycles. The Morgan fingerprint density at radius 2 is 1.95 bits per heavy atom. The van der Waals surface area contributed by atoms with E-state index in [1.807, 2.05) is 0 Å². The summed E-state index contributed by atoms with van der Waals surface area (Å²) in [6.45, 7) is 1.27. The third-order valence-corrected chi connectivity index (χ3v) is 4.76. The molecule has 2 fully saturated rings. The molecule has 0 spiro atoms. The van der Waals surface area contributed by atoms with Crippen molar-refractivity contribution in [2.24, 2.45) is 5.92 Å². The van der Waals surface area contributed by atoms with Crippen LogP contribution < -0.4 is 5.32 Å². The van der Waals surface area contributed by atoms with Crippen molar-refractivity contribution in [3.8, 4) is 0 Å². The molecule has 4 heteroatoms. The van der Waals surface area contributed by atoms with Gasteiger partial charge >= 0.3 is 0 Å². The SMILES string of the molecule is OC12CCOCC1CCCCC2Nc1ccc(F)cc1. The third kappa shape index (κ3) is 2.67. The van der Waals surface area contributed by atoms with E-state index in [2.05, 4.69) is 5.32 Å². The maximum absolute atomic E-state index is 13.0. The minimum atomic E-state index is -0.705. The number of nitrogens with one attached hydrogen (secondary N) is 1. The van der Waals surface area contributed by atoms with E-state index in [4.69, 9.17) is 4.74 Å². The monoisotopic (exact) mass is 279 g/mol. The van der Waals surface area contributed by atoms with E-state index in [-0.39, 0.29) is 17.8 Å². The summed E-state index contributed by atoms with van der Waals surface area (Å²) in [4.78, 5) is 0. The molecule has 3 nitrogen and oxygen atoms in total. The minimum Gasteiger partial charge on any atom is -0.387 e. The topological polar surface area (TPSA) is 41.5 Å². The van der Waals surface area contributed by atoms with Gasteiger partial charge in [0.25, 0.3) is 0 Å². The van der Waals surface area contributed by atoms with Gasteiger partial charge in [-0.1, -0.05) is 12.8 Å². The van der Waals surface area contributed by atoms with Crippen LogP contribution in [0, 0.1) is 11.7 Å². The maximum atomic E-state index is 13.0. The second kappa shape index (κ2) is 5.70. The number of ether oxygens (including phenoxy) is 1. The molecule has 0 amide bonds. The summed E-state index contributed by atoms with van der Waals surface area (Å²) in [5.41, 5.74) is 0.167. The van der Waals surface area contributed by atoms with Crippen molar-refractivity contribution in [1.29, 1.82) is 0 Å². The van der Waals surface area contributed by atoms with E-state index in [0.29, 0.717) is 19.6 Å². The highest BCUT2D eigenvalue weighted by atomic mass is 19.1. The van der Waals surface area contributed by atoms with Crippen LogP contribution >= 0.6 is 0 Å². The number of hydrogen-bond donors (Lipinski definition) is 2. The van der Waals surface area contributed by atoms with Gasteiger partial charge in [-0.05, 0) is 37.1 Å². The van der Waals surface area contributed by atoms with Crippen LogP contribution in [0.5, 0.6) is 0 Å². The molecule has 0 bridgehead atoms.